The monoisotopic (exact) mass is 413 g/mol. The molecule has 2 unspecified atom stereocenters. The van der Waals surface area contributed by atoms with Crippen molar-refractivity contribution in [3.8, 4) is 0 Å². The number of amides is 1. The van der Waals surface area contributed by atoms with Gasteiger partial charge in [-0.1, -0.05) is 26.8 Å². The Bertz CT molecular complexity index is 1280. The van der Waals surface area contributed by atoms with Gasteiger partial charge in [0.05, 0.1) is 27.8 Å². The Labute approximate surface area is 184 Å². The van der Waals surface area contributed by atoms with Crippen LogP contribution in [0.15, 0.2) is 30.3 Å². The summed E-state index contributed by atoms with van der Waals surface area (Å²) in [5.74, 6) is 0.0423. The fourth-order valence-electron chi connectivity index (χ4n) is 5.92. The van der Waals surface area contributed by atoms with Crippen LogP contribution in [0.5, 0.6) is 0 Å². The van der Waals surface area contributed by atoms with E-state index in [0.717, 1.165) is 41.0 Å². The molecule has 31 heavy (non-hydrogen) atoms. The quantitative estimate of drug-likeness (QED) is 0.575. The molecule has 1 N–H and O–H groups in total. The van der Waals surface area contributed by atoms with Gasteiger partial charge in [-0.25, -0.2) is 9.97 Å². The molecule has 2 bridgehead atoms. The highest BCUT2D eigenvalue weighted by Crippen LogP contribution is 2.70. The van der Waals surface area contributed by atoms with Crippen molar-refractivity contribution >= 4 is 22.6 Å². The van der Waals surface area contributed by atoms with Crippen molar-refractivity contribution in [3.05, 3.63) is 64.0 Å². The number of benzene rings is 2. The van der Waals surface area contributed by atoms with Crippen LogP contribution in [0.4, 0.5) is 5.69 Å². The van der Waals surface area contributed by atoms with Gasteiger partial charge in [-0.05, 0) is 92.5 Å². The van der Waals surface area contributed by atoms with Gasteiger partial charge in [0.2, 0.25) is 5.91 Å². The van der Waals surface area contributed by atoms with Crippen molar-refractivity contribution in [3.63, 3.8) is 0 Å². The highest BCUT2D eigenvalue weighted by molar-refractivity contribution is 6.02. The molecule has 0 saturated heterocycles. The summed E-state index contributed by atoms with van der Waals surface area (Å²) in [6.07, 6.45) is 1.74. The molecule has 5 rings (SSSR count). The van der Waals surface area contributed by atoms with Crippen LogP contribution in [0, 0.1) is 33.1 Å². The number of hydrogen-bond donors (Lipinski definition) is 1. The molecule has 2 aromatic carbocycles. The fraction of sp³-hybridized carbons (Fsp3) is 0.444. The summed E-state index contributed by atoms with van der Waals surface area (Å²) >= 11 is 0. The Hall–Kier alpha value is -2.75. The average molecular weight is 414 g/mol. The Morgan fingerprint density at radius 1 is 0.806 bits per heavy atom. The maximum Gasteiger partial charge on any atom is 0.237 e. The number of nitrogens with one attached hydrogen (secondary N) is 1. The second-order valence-electron chi connectivity index (χ2n) is 10.5. The van der Waals surface area contributed by atoms with Crippen LogP contribution in [0.3, 0.4) is 0 Å². The number of anilines is 1. The molecule has 0 aliphatic heterocycles. The Morgan fingerprint density at radius 2 is 1.39 bits per heavy atom. The minimum absolute atomic E-state index is 0.0423. The third-order valence-electron chi connectivity index (χ3n) is 8.81. The maximum atomic E-state index is 14.0. The van der Waals surface area contributed by atoms with E-state index in [0.29, 0.717) is 0 Å². The summed E-state index contributed by atoms with van der Waals surface area (Å²) < 4.78 is 0. The van der Waals surface area contributed by atoms with Crippen LogP contribution in [-0.4, -0.2) is 15.9 Å². The second-order valence-corrected chi connectivity index (χ2v) is 10.5. The molecule has 1 amide bonds. The first-order valence-electron chi connectivity index (χ1n) is 11.2. The molecule has 1 aromatic heterocycles. The van der Waals surface area contributed by atoms with Crippen LogP contribution in [0.25, 0.3) is 11.0 Å². The molecule has 0 spiro atoms. The summed E-state index contributed by atoms with van der Waals surface area (Å²) in [5.41, 5.74) is 8.21. The van der Waals surface area contributed by atoms with Crippen LogP contribution in [-0.2, 0) is 15.6 Å². The van der Waals surface area contributed by atoms with E-state index in [-0.39, 0.29) is 16.7 Å². The van der Waals surface area contributed by atoms with Gasteiger partial charge in [0.25, 0.3) is 0 Å². The van der Waals surface area contributed by atoms with Gasteiger partial charge in [-0.15, -0.1) is 0 Å². The number of rotatable bonds is 2. The third-order valence-corrected chi connectivity index (χ3v) is 8.81. The number of fused-ring (bicyclic) bond motifs is 6. The lowest BCUT2D eigenvalue weighted by molar-refractivity contribution is -0.125. The van der Waals surface area contributed by atoms with Gasteiger partial charge >= 0.3 is 0 Å². The lowest BCUT2D eigenvalue weighted by Crippen LogP contribution is -2.48. The Balaban J connectivity index is 1.69. The third kappa shape index (κ3) is 2.39. The second kappa shape index (κ2) is 6.15. The zero-order valence-electron chi connectivity index (χ0n) is 19.6. The standard InChI is InChI=1S/C27H31N3O/c1-15-8-9-19(12-16(15)2)28-24(31)27-11-10-26(7,25(27,5)6)22-23(27)30-21-14-18(4)17(3)13-20(21)29-22/h8-9,12-14H,10-11H2,1-7H3,(H,28,31). The van der Waals surface area contributed by atoms with Gasteiger partial charge < -0.3 is 5.32 Å². The Morgan fingerprint density at radius 3 is 2.00 bits per heavy atom. The first-order chi connectivity index (χ1) is 14.5. The minimum atomic E-state index is -0.685. The zero-order chi connectivity index (χ0) is 22.3. The lowest BCUT2D eigenvalue weighted by atomic mass is 9.63. The zero-order valence-corrected chi connectivity index (χ0v) is 19.6. The normalized spacial score (nSPS) is 25.6. The van der Waals surface area contributed by atoms with E-state index in [9.17, 15) is 4.79 Å². The highest BCUT2D eigenvalue weighted by atomic mass is 16.2. The molecule has 2 aliphatic carbocycles. The molecule has 2 aliphatic rings. The number of nitrogens with zero attached hydrogens (tertiary/aromatic N) is 2. The van der Waals surface area contributed by atoms with E-state index < -0.39 is 5.41 Å². The van der Waals surface area contributed by atoms with Gasteiger partial charge in [0.1, 0.15) is 0 Å². The van der Waals surface area contributed by atoms with Crippen molar-refractivity contribution in [1.82, 2.24) is 9.97 Å². The van der Waals surface area contributed by atoms with Crippen LogP contribution < -0.4 is 5.32 Å². The van der Waals surface area contributed by atoms with E-state index in [1.807, 2.05) is 6.07 Å². The molecule has 1 saturated carbocycles. The molecule has 0 radical (unpaired) electrons. The molecule has 3 aromatic rings. The van der Waals surface area contributed by atoms with E-state index >= 15 is 0 Å². The topological polar surface area (TPSA) is 54.9 Å². The largest absolute Gasteiger partial charge is 0.325 e. The average Bonchev–Trinajstić information content (AvgIpc) is 3.00. The van der Waals surface area contributed by atoms with Gasteiger partial charge in [-0.2, -0.15) is 0 Å². The van der Waals surface area contributed by atoms with Gasteiger partial charge in [0, 0.05) is 11.1 Å². The van der Waals surface area contributed by atoms with E-state index in [1.54, 1.807) is 0 Å². The molecule has 1 fully saturated rings. The summed E-state index contributed by atoms with van der Waals surface area (Å²) in [4.78, 5) is 24.2. The molecule has 1 heterocycles. The fourth-order valence-corrected chi connectivity index (χ4v) is 5.92. The Kier molecular flexibility index (Phi) is 4.00. The predicted molar refractivity (Wildman–Crippen MR) is 126 cm³/mol. The van der Waals surface area contributed by atoms with E-state index in [1.165, 1.54) is 22.3 Å². The highest BCUT2D eigenvalue weighted by Gasteiger charge is 2.73. The number of hydrogen-bond acceptors (Lipinski definition) is 3. The van der Waals surface area contributed by atoms with E-state index in [4.69, 9.17) is 9.97 Å². The van der Waals surface area contributed by atoms with Gasteiger partial charge in [-0.3, -0.25) is 4.79 Å². The van der Waals surface area contributed by atoms with Crippen molar-refractivity contribution in [2.45, 2.75) is 72.1 Å². The molecular formula is C27H31N3O. The molecule has 4 nitrogen and oxygen atoms in total. The SMILES string of the molecule is Cc1ccc(NC(=O)C23CCC(C)(c4nc5cc(C)c(C)cc5nc42)C3(C)C)cc1C. The van der Waals surface area contributed by atoms with Crippen LogP contribution >= 0.6 is 0 Å². The first kappa shape index (κ1) is 20.2. The molecular weight excluding hydrogens is 382 g/mol. The minimum Gasteiger partial charge on any atom is -0.325 e. The van der Waals surface area contributed by atoms with Crippen molar-refractivity contribution in [2.24, 2.45) is 5.41 Å². The lowest BCUT2D eigenvalue weighted by Gasteiger charge is -2.39. The summed E-state index contributed by atoms with van der Waals surface area (Å²) in [7, 11) is 0. The summed E-state index contributed by atoms with van der Waals surface area (Å²) in [6.45, 7) is 15.1. The summed E-state index contributed by atoms with van der Waals surface area (Å²) in [5, 5.41) is 3.25. The molecule has 160 valence electrons. The summed E-state index contributed by atoms with van der Waals surface area (Å²) in [6, 6.07) is 10.3. The van der Waals surface area contributed by atoms with Crippen LogP contribution in [0.1, 0.15) is 67.3 Å². The number of aromatic nitrogens is 2. The van der Waals surface area contributed by atoms with Crippen LogP contribution in [0.2, 0.25) is 0 Å². The maximum absolute atomic E-state index is 14.0. The number of carbonyl (C=O) groups is 1. The number of carbonyl (C=O) groups excluding carboxylic acids is 1. The first-order valence-corrected chi connectivity index (χ1v) is 11.2. The smallest absolute Gasteiger partial charge is 0.237 e. The van der Waals surface area contributed by atoms with Crippen molar-refractivity contribution < 1.29 is 4.79 Å². The van der Waals surface area contributed by atoms with Crippen molar-refractivity contribution in [2.75, 3.05) is 5.32 Å². The number of aryl methyl sites for hydroxylation is 4. The van der Waals surface area contributed by atoms with Gasteiger partial charge in [0.15, 0.2) is 0 Å². The predicted octanol–water partition coefficient (Wildman–Crippen LogP) is 5.83. The molecule has 2 atom stereocenters. The van der Waals surface area contributed by atoms with E-state index in [2.05, 4.69) is 78.0 Å². The molecule has 4 heteroatoms. The van der Waals surface area contributed by atoms with Crippen molar-refractivity contribution in [1.29, 1.82) is 0 Å².